The molecule has 2 amide bonds. The van der Waals surface area contributed by atoms with Gasteiger partial charge < -0.3 is 14.7 Å². The first-order chi connectivity index (χ1) is 12.6. The first-order valence-corrected chi connectivity index (χ1v) is 10.8. The van der Waals surface area contributed by atoms with E-state index in [9.17, 15) is 9.59 Å². The van der Waals surface area contributed by atoms with Crippen molar-refractivity contribution in [2.75, 3.05) is 45.8 Å². The molecule has 0 bridgehead atoms. The third-order valence-corrected chi connectivity index (χ3v) is 7.05. The Hall–Kier alpha value is -1.40. The number of hydrogen-bond acceptors (Lipinski definition) is 4. The van der Waals surface area contributed by atoms with Crippen LogP contribution in [0.1, 0.15) is 47.3 Å². The van der Waals surface area contributed by atoms with Crippen molar-refractivity contribution >= 4 is 23.2 Å². The minimum Gasteiger partial charge on any atom is -0.340 e. The van der Waals surface area contributed by atoms with E-state index >= 15 is 0 Å². The number of rotatable bonds is 5. The molecular formula is C20H31N3O2S. The standard InChI is InChI=1S/C20H31N3O2S/c1-4-21-9-11-23(12-10-21)19(24)15-7-8-17-16(13-15)14-18(26-17)20(25)22(5-2)6-3/h14-15H,4-13H2,1-3H3. The third kappa shape index (κ3) is 3.96. The summed E-state index contributed by atoms with van der Waals surface area (Å²) in [4.78, 5) is 34.0. The molecule has 1 atom stereocenters. The fourth-order valence-corrected chi connectivity index (χ4v) is 5.23. The van der Waals surface area contributed by atoms with Crippen LogP contribution in [0.25, 0.3) is 0 Å². The molecular weight excluding hydrogens is 346 g/mol. The number of nitrogens with zero attached hydrogens (tertiary/aromatic N) is 3. The Morgan fingerprint density at radius 3 is 2.46 bits per heavy atom. The Morgan fingerprint density at radius 1 is 1.15 bits per heavy atom. The number of piperazine rings is 1. The summed E-state index contributed by atoms with van der Waals surface area (Å²) in [6.07, 6.45) is 2.64. The van der Waals surface area contributed by atoms with E-state index in [1.54, 1.807) is 11.3 Å². The summed E-state index contributed by atoms with van der Waals surface area (Å²) in [7, 11) is 0. The van der Waals surface area contributed by atoms with E-state index in [0.717, 1.165) is 70.0 Å². The molecule has 0 aromatic carbocycles. The molecule has 0 radical (unpaired) electrons. The lowest BCUT2D eigenvalue weighted by molar-refractivity contribution is -0.137. The van der Waals surface area contributed by atoms with Crippen molar-refractivity contribution in [2.24, 2.45) is 5.92 Å². The van der Waals surface area contributed by atoms with Crippen LogP contribution in [0.2, 0.25) is 0 Å². The molecule has 26 heavy (non-hydrogen) atoms. The largest absolute Gasteiger partial charge is 0.340 e. The minimum absolute atomic E-state index is 0.0849. The van der Waals surface area contributed by atoms with Crippen molar-refractivity contribution in [3.63, 3.8) is 0 Å². The summed E-state index contributed by atoms with van der Waals surface area (Å²) in [5.74, 6) is 0.531. The quantitative estimate of drug-likeness (QED) is 0.792. The van der Waals surface area contributed by atoms with Crippen LogP contribution in [-0.2, 0) is 17.6 Å². The van der Waals surface area contributed by atoms with Crippen molar-refractivity contribution in [1.29, 1.82) is 0 Å². The first-order valence-electron chi connectivity index (χ1n) is 9.99. The third-order valence-electron chi connectivity index (χ3n) is 5.82. The van der Waals surface area contributed by atoms with Gasteiger partial charge in [-0.25, -0.2) is 0 Å². The maximum absolute atomic E-state index is 12.9. The van der Waals surface area contributed by atoms with Gasteiger partial charge >= 0.3 is 0 Å². The topological polar surface area (TPSA) is 43.9 Å². The fraction of sp³-hybridized carbons (Fsp3) is 0.700. The summed E-state index contributed by atoms with van der Waals surface area (Å²) >= 11 is 1.63. The Bertz CT molecular complexity index is 645. The van der Waals surface area contributed by atoms with Crippen LogP contribution in [0.4, 0.5) is 0 Å². The zero-order valence-electron chi connectivity index (χ0n) is 16.3. The van der Waals surface area contributed by atoms with Crippen molar-refractivity contribution in [3.8, 4) is 0 Å². The van der Waals surface area contributed by atoms with Gasteiger partial charge in [-0.15, -0.1) is 11.3 Å². The van der Waals surface area contributed by atoms with E-state index in [0.29, 0.717) is 5.91 Å². The molecule has 1 aromatic heterocycles. The molecule has 1 fully saturated rings. The molecule has 3 rings (SSSR count). The van der Waals surface area contributed by atoms with Crippen LogP contribution in [0, 0.1) is 5.92 Å². The monoisotopic (exact) mass is 377 g/mol. The lowest BCUT2D eigenvalue weighted by Crippen LogP contribution is -2.50. The fourth-order valence-electron chi connectivity index (χ4n) is 4.05. The van der Waals surface area contributed by atoms with Crippen LogP contribution in [0.3, 0.4) is 0 Å². The average molecular weight is 378 g/mol. The van der Waals surface area contributed by atoms with Crippen molar-refractivity contribution < 1.29 is 9.59 Å². The second kappa shape index (κ2) is 8.53. The van der Waals surface area contributed by atoms with E-state index in [4.69, 9.17) is 0 Å². The molecule has 1 aromatic rings. The van der Waals surface area contributed by atoms with Crippen molar-refractivity contribution in [2.45, 2.75) is 40.0 Å². The lowest BCUT2D eigenvalue weighted by atomic mass is 9.87. The van der Waals surface area contributed by atoms with Gasteiger partial charge in [0.2, 0.25) is 5.91 Å². The predicted molar refractivity (Wildman–Crippen MR) is 106 cm³/mol. The number of thiophene rings is 1. The maximum Gasteiger partial charge on any atom is 0.263 e. The minimum atomic E-state index is 0.0849. The molecule has 2 heterocycles. The molecule has 1 unspecified atom stereocenters. The number of carbonyl (C=O) groups excluding carboxylic acids is 2. The van der Waals surface area contributed by atoms with Crippen LogP contribution in [-0.4, -0.2) is 72.3 Å². The highest BCUT2D eigenvalue weighted by atomic mass is 32.1. The van der Waals surface area contributed by atoms with Crippen LogP contribution in [0.15, 0.2) is 6.07 Å². The molecule has 1 aliphatic carbocycles. The van der Waals surface area contributed by atoms with Crippen molar-refractivity contribution in [1.82, 2.24) is 14.7 Å². The second-order valence-corrected chi connectivity index (χ2v) is 8.37. The number of carbonyl (C=O) groups is 2. The van der Waals surface area contributed by atoms with Gasteiger partial charge in [0.1, 0.15) is 0 Å². The lowest BCUT2D eigenvalue weighted by Gasteiger charge is -2.36. The maximum atomic E-state index is 12.9. The molecule has 1 aliphatic heterocycles. The van der Waals surface area contributed by atoms with Crippen molar-refractivity contribution in [3.05, 3.63) is 21.4 Å². The average Bonchev–Trinajstić information content (AvgIpc) is 3.11. The zero-order valence-corrected chi connectivity index (χ0v) is 17.1. The molecule has 144 valence electrons. The highest BCUT2D eigenvalue weighted by Crippen LogP contribution is 2.34. The van der Waals surface area contributed by atoms with Gasteiger partial charge in [0.15, 0.2) is 0 Å². The van der Waals surface area contributed by atoms with E-state index < -0.39 is 0 Å². The predicted octanol–water partition coefficient (Wildman–Crippen LogP) is 2.50. The molecule has 2 aliphatic rings. The first kappa shape index (κ1) is 19.4. The molecule has 0 saturated carbocycles. The van der Waals surface area contributed by atoms with Gasteiger partial charge in [-0.2, -0.15) is 0 Å². The van der Waals surface area contributed by atoms with Crippen LogP contribution in [0.5, 0.6) is 0 Å². The number of likely N-dealkylation sites (N-methyl/N-ethyl adjacent to an activating group) is 1. The molecule has 1 saturated heterocycles. The van der Waals surface area contributed by atoms with Gasteiger partial charge in [-0.1, -0.05) is 6.92 Å². The summed E-state index contributed by atoms with van der Waals surface area (Å²) in [5, 5.41) is 0. The van der Waals surface area contributed by atoms with Gasteiger partial charge in [-0.05, 0) is 51.3 Å². The van der Waals surface area contributed by atoms with E-state index in [-0.39, 0.29) is 11.8 Å². The van der Waals surface area contributed by atoms with Gasteiger partial charge in [0.05, 0.1) is 4.88 Å². The molecule has 5 nitrogen and oxygen atoms in total. The summed E-state index contributed by atoms with van der Waals surface area (Å²) in [5.41, 5.74) is 1.22. The normalized spacial score (nSPS) is 20.7. The summed E-state index contributed by atoms with van der Waals surface area (Å²) < 4.78 is 0. The Kier molecular flexibility index (Phi) is 6.35. The van der Waals surface area contributed by atoms with E-state index in [2.05, 4.69) is 22.8 Å². The van der Waals surface area contributed by atoms with Crippen LogP contribution < -0.4 is 0 Å². The Morgan fingerprint density at radius 2 is 1.85 bits per heavy atom. The van der Waals surface area contributed by atoms with Crippen LogP contribution >= 0.6 is 11.3 Å². The second-order valence-electron chi connectivity index (χ2n) is 7.24. The van der Waals surface area contributed by atoms with Gasteiger partial charge in [0.25, 0.3) is 5.91 Å². The number of hydrogen-bond donors (Lipinski definition) is 0. The zero-order chi connectivity index (χ0) is 18.7. The Labute approximate surface area is 161 Å². The number of fused-ring (bicyclic) bond motifs is 1. The Balaban J connectivity index is 1.64. The smallest absolute Gasteiger partial charge is 0.263 e. The number of amides is 2. The van der Waals surface area contributed by atoms with E-state index in [1.165, 1.54) is 10.4 Å². The van der Waals surface area contributed by atoms with E-state index in [1.807, 2.05) is 18.7 Å². The molecule has 6 heteroatoms. The number of aryl methyl sites for hydroxylation is 1. The SMILES string of the molecule is CCN1CCN(C(=O)C2CCc3sc(C(=O)N(CC)CC)cc3C2)CC1. The highest BCUT2D eigenvalue weighted by Gasteiger charge is 2.31. The molecule has 0 spiro atoms. The summed E-state index contributed by atoms with van der Waals surface area (Å²) in [6.45, 7) is 12.4. The highest BCUT2D eigenvalue weighted by molar-refractivity contribution is 7.14. The summed E-state index contributed by atoms with van der Waals surface area (Å²) in [6, 6.07) is 2.05. The molecule has 0 N–H and O–H groups in total. The van der Waals surface area contributed by atoms with Gasteiger partial charge in [-0.3, -0.25) is 9.59 Å². The van der Waals surface area contributed by atoms with Gasteiger partial charge in [0, 0.05) is 50.1 Å².